The molecule has 0 saturated heterocycles. The van der Waals surface area contributed by atoms with Crippen LogP contribution in [0.2, 0.25) is 10.0 Å². The molecule has 0 aliphatic carbocycles. The van der Waals surface area contributed by atoms with Crippen LogP contribution < -0.4 is 0 Å². The van der Waals surface area contributed by atoms with Gasteiger partial charge in [-0.1, -0.05) is 49.5 Å². The summed E-state index contributed by atoms with van der Waals surface area (Å²) in [7, 11) is 0. The Hall–Kier alpha value is -1.64. The average Bonchev–Trinajstić information content (AvgIpc) is 2.90. The maximum atomic E-state index is 10.3. The van der Waals surface area contributed by atoms with E-state index in [0.717, 1.165) is 41.1 Å². The molecule has 2 N–H and O–H groups in total. The normalized spacial score (nSPS) is 12.7. The number of aromatic amines is 1. The van der Waals surface area contributed by atoms with Gasteiger partial charge in [0.1, 0.15) is 5.75 Å². The summed E-state index contributed by atoms with van der Waals surface area (Å²) >= 11 is 12.2. The van der Waals surface area contributed by atoms with Crippen LogP contribution in [0.15, 0.2) is 36.4 Å². The average molecular weight is 362 g/mol. The Bertz CT molecular complexity index is 869. The predicted octanol–water partition coefficient (Wildman–Crippen LogP) is 6.67. The molecule has 1 unspecified atom stereocenters. The van der Waals surface area contributed by atoms with Crippen LogP contribution in [-0.2, 0) is 6.42 Å². The number of phenolic OH excluding ortho intramolecular Hbond substituents is 1. The summed E-state index contributed by atoms with van der Waals surface area (Å²) in [6.07, 6.45) is 3.24. The quantitative estimate of drug-likeness (QED) is 0.522. The van der Waals surface area contributed by atoms with Gasteiger partial charge in [-0.15, -0.1) is 0 Å². The zero-order valence-electron chi connectivity index (χ0n) is 13.9. The monoisotopic (exact) mass is 361 g/mol. The lowest BCUT2D eigenvalue weighted by molar-refractivity contribution is 0.465. The largest absolute Gasteiger partial charge is 0.508 e. The highest BCUT2D eigenvalue weighted by molar-refractivity contribution is 6.31. The zero-order chi connectivity index (χ0) is 17.3. The molecule has 126 valence electrons. The van der Waals surface area contributed by atoms with Crippen molar-refractivity contribution in [1.29, 1.82) is 0 Å². The Morgan fingerprint density at radius 2 is 1.79 bits per heavy atom. The first-order chi connectivity index (χ1) is 11.5. The van der Waals surface area contributed by atoms with E-state index in [1.165, 1.54) is 10.9 Å². The van der Waals surface area contributed by atoms with Gasteiger partial charge in [-0.3, -0.25) is 0 Å². The van der Waals surface area contributed by atoms with Crippen LogP contribution in [0.3, 0.4) is 0 Å². The highest BCUT2D eigenvalue weighted by atomic mass is 35.5. The molecule has 0 aliphatic heterocycles. The van der Waals surface area contributed by atoms with E-state index in [9.17, 15) is 5.11 Å². The van der Waals surface area contributed by atoms with E-state index in [1.807, 2.05) is 30.3 Å². The smallest absolute Gasteiger partial charge is 0.120 e. The van der Waals surface area contributed by atoms with E-state index in [1.54, 1.807) is 6.07 Å². The van der Waals surface area contributed by atoms with Crippen LogP contribution in [0.25, 0.3) is 10.9 Å². The van der Waals surface area contributed by atoms with Gasteiger partial charge in [-0.25, -0.2) is 0 Å². The lowest BCUT2D eigenvalue weighted by Gasteiger charge is -2.15. The van der Waals surface area contributed by atoms with Crippen LogP contribution in [-0.4, -0.2) is 10.1 Å². The number of aryl methyl sites for hydroxylation is 1. The highest BCUT2D eigenvalue weighted by Gasteiger charge is 2.20. The molecule has 0 fully saturated rings. The number of halogens is 2. The Kier molecular flexibility index (Phi) is 5.07. The molecule has 0 amide bonds. The summed E-state index contributed by atoms with van der Waals surface area (Å²) in [6.45, 7) is 4.29. The van der Waals surface area contributed by atoms with E-state index in [4.69, 9.17) is 23.2 Å². The van der Waals surface area contributed by atoms with E-state index < -0.39 is 0 Å². The van der Waals surface area contributed by atoms with Gasteiger partial charge in [0.05, 0.1) is 0 Å². The third-order valence-electron chi connectivity index (χ3n) is 4.57. The number of hydrogen-bond donors (Lipinski definition) is 2. The van der Waals surface area contributed by atoms with E-state index >= 15 is 0 Å². The van der Waals surface area contributed by atoms with Gasteiger partial charge < -0.3 is 10.1 Å². The van der Waals surface area contributed by atoms with E-state index in [0.29, 0.717) is 5.02 Å². The van der Waals surface area contributed by atoms with E-state index in [-0.39, 0.29) is 11.7 Å². The second kappa shape index (κ2) is 7.08. The maximum Gasteiger partial charge on any atom is 0.120 e. The number of aromatic hydroxyl groups is 1. The molecule has 2 nitrogen and oxygen atoms in total. The molecule has 1 atom stereocenters. The number of aromatic nitrogens is 1. The molecule has 3 aromatic rings. The van der Waals surface area contributed by atoms with Gasteiger partial charge in [-0.05, 0) is 48.7 Å². The van der Waals surface area contributed by atoms with Gasteiger partial charge in [-0.2, -0.15) is 0 Å². The first kappa shape index (κ1) is 17.2. The maximum absolute atomic E-state index is 10.3. The number of nitrogens with one attached hydrogen (secondary N) is 1. The first-order valence-electron chi connectivity index (χ1n) is 8.29. The second-order valence-electron chi connectivity index (χ2n) is 6.24. The highest BCUT2D eigenvalue weighted by Crippen LogP contribution is 2.37. The first-order valence-corrected chi connectivity index (χ1v) is 9.05. The number of rotatable bonds is 5. The zero-order valence-corrected chi connectivity index (χ0v) is 15.4. The van der Waals surface area contributed by atoms with Gasteiger partial charge in [0.15, 0.2) is 0 Å². The summed E-state index contributed by atoms with van der Waals surface area (Å²) < 4.78 is 0. The van der Waals surface area contributed by atoms with Crippen molar-refractivity contribution >= 4 is 34.1 Å². The van der Waals surface area contributed by atoms with Crippen LogP contribution in [0, 0.1) is 0 Å². The third-order valence-corrected chi connectivity index (χ3v) is 5.04. The molecule has 1 heterocycles. The Morgan fingerprint density at radius 1 is 1.08 bits per heavy atom. The number of fused-ring (bicyclic) bond motifs is 1. The van der Waals surface area contributed by atoms with Gasteiger partial charge in [0.2, 0.25) is 0 Å². The molecule has 0 aliphatic rings. The van der Waals surface area contributed by atoms with Gasteiger partial charge in [0, 0.05) is 38.1 Å². The van der Waals surface area contributed by atoms with Crippen molar-refractivity contribution < 1.29 is 5.11 Å². The summed E-state index contributed by atoms with van der Waals surface area (Å²) in [4.78, 5) is 3.54. The fourth-order valence-electron chi connectivity index (χ4n) is 3.27. The van der Waals surface area contributed by atoms with Crippen molar-refractivity contribution in [3.05, 3.63) is 63.3 Å². The molecule has 0 radical (unpaired) electrons. The number of hydrogen-bond acceptors (Lipinski definition) is 1. The van der Waals surface area contributed by atoms with Crippen molar-refractivity contribution in [3.8, 4) is 5.75 Å². The summed E-state index contributed by atoms with van der Waals surface area (Å²) in [5, 5.41) is 12.7. The van der Waals surface area contributed by atoms with Gasteiger partial charge in [0.25, 0.3) is 0 Å². The lowest BCUT2D eigenvalue weighted by Crippen LogP contribution is -2.01. The van der Waals surface area contributed by atoms with Crippen molar-refractivity contribution in [2.45, 2.75) is 39.0 Å². The second-order valence-corrected chi connectivity index (χ2v) is 7.11. The minimum Gasteiger partial charge on any atom is -0.508 e. The summed E-state index contributed by atoms with van der Waals surface area (Å²) in [6, 6.07) is 11.3. The van der Waals surface area contributed by atoms with Crippen molar-refractivity contribution in [3.63, 3.8) is 0 Å². The standard InChI is InChI=1S/C20H21Cl2NO/c1-3-4-5-16-17-10-13(21)7-9-18(17)23-20(16)12(2)15-8-6-14(22)11-19(15)24/h6-12,23-24H,3-5H2,1-2H3. The molecule has 0 saturated carbocycles. The molecule has 2 aromatic carbocycles. The molecule has 3 rings (SSSR count). The molecular formula is C20H21Cl2NO. The number of H-pyrrole nitrogens is 1. The van der Waals surface area contributed by atoms with E-state index in [2.05, 4.69) is 18.8 Å². The SMILES string of the molecule is CCCCc1c(C(C)c2ccc(Cl)cc2O)[nH]c2ccc(Cl)cc12. The lowest BCUT2D eigenvalue weighted by atomic mass is 9.92. The fraction of sp³-hybridized carbons (Fsp3) is 0.300. The summed E-state index contributed by atoms with van der Waals surface area (Å²) in [5.74, 6) is 0.272. The molecular weight excluding hydrogens is 341 g/mol. The minimum atomic E-state index is 0.0419. The Balaban J connectivity index is 2.13. The number of benzene rings is 2. The van der Waals surface area contributed by atoms with Gasteiger partial charge >= 0.3 is 0 Å². The molecule has 0 bridgehead atoms. The minimum absolute atomic E-state index is 0.0419. The van der Waals surface area contributed by atoms with Crippen molar-refractivity contribution in [1.82, 2.24) is 4.98 Å². The number of phenols is 1. The van der Waals surface area contributed by atoms with Crippen LogP contribution in [0.5, 0.6) is 5.75 Å². The topological polar surface area (TPSA) is 36.0 Å². The molecule has 1 aromatic heterocycles. The Labute approximate surface area is 152 Å². The predicted molar refractivity (Wildman–Crippen MR) is 103 cm³/mol. The van der Waals surface area contributed by atoms with Crippen LogP contribution in [0.4, 0.5) is 0 Å². The third kappa shape index (κ3) is 3.26. The molecule has 24 heavy (non-hydrogen) atoms. The summed E-state index contributed by atoms with van der Waals surface area (Å²) in [5.41, 5.74) is 4.38. The Morgan fingerprint density at radius 3 is 2.50 bits per heavy atom. The van der Waals surface area contributed by atoms with Crippen molar-refractivity contribution in [2.75, 3.05) is 0 Å². The fourth-order valence-corrected chi connectivity index (χ4v) is 3.61. The van der Waals surface area contributed by atoms with Crippen LogP contribution in [0.1, 0.15) is 49.4 Å². The number of unbranched alkanes of at least 4 members (excludes halogenated alkanes) is 1. The van der Waals surface area contributed by atoms with Crippen LogP contribution >= 0.6 is 23.2 Å². The van der Waals surface area contributed by atoms with Crippen molar-refractivity contribution in [2.24, 2.45) is 0 Å². The molecule has 4 heteroatoms. The molecule has 0 spiro atoms.